The number of allylic oxidation sites excluding steroid dienone is 1. The Morgan fingerprint density at radius 1 is 1.07 bits per heavy atom. The summed E-state index contributed by atoms with van der Waals surface area (Å²) in [6.07, 6.45) is 6.78. The zero-order valence-electron chi connectivity index (χ0n) is 17.6. The van der Waals surface area contributed by atoms with Crippen molar-refractivity contribution in [3.63, 3.8) is 0 Å². The van der Waals surface area contributed by atoms with Crippen molar-refractivity contribution in [1.82, 2.24) is 14.5 Å². The fourth-order valence-corrected chi connectivity index (χ4v) is 5.66. The third-order valence-corrected chi connectivity index (χ3v) is 7.70. The highest BCUT2D eigenvalue weighted by atomic mass is 32.2. The Morgan fingerprint density at radius 3 is 2.38 bits per heavy atom. The molecule has 0 saturated carbocycles. The molecule has 0 radical (unpaired) electrons. The lowest BCUT2D eigenvalue weighted by molar-refractivity contribution is 0.0910. The molecule has 0 aromatic heterocycles. The molecule has 1 N–H and O–H groups in total. The van der Waals surface area contributed by atoms with Gasteiger partial charge in [-0.3, -0.25) is 9.69 Å². The molecule has 160 valence electrons. The van der Waals surface area contributed by atoms with Gasteiger partial charge in [0.15, 0.2) is 0 Å². The second kappa shape index (κ2) is 9.87. The van der Waals surface area contributed by atoms with Crippen LogP contribution in [0.5, 0.6) is 0 Å². The van der Waals surface area contributed by atoms with E-state index in [0.29, 0.717) is 13.1 Å². The maximum atomic E-state index is 13.1. The molecule has 0 spiro atoms. The molecule has 2 aliphatic heterocycles. The van der Waals surface area contributed by atoms with Gasteiger partial charge in [-0.2, -0.15) is 4.31 Å². The van der Waals surface area contributed by atoms with E-state index in [1.54, 1.807) is 24.3 Å². The van der Waals surface area contributed by atoms with Crippen LogP contribution in [0.15, 0.2) is 40.8 Å². The van der Waals surface area contributed by atoms with Gasteiger partial charge in [-0.15, -0.1) is 0 Å². The predicted octanol–water partition coefficient (Wildman–Crippen LogP) is 3.02. The summed E-state index contributed by atoms with van der Waals surface area (Å²) < 4.78 is 27.7. The summed E-state index contributed by atoms with van der Waals surface area (Å²) in [5.74, 6) is -0.288. The Bertz CT molecular complexity index is 833. The zero-order valence-corrected chi connectivity index (χ0v) is 18.4. The number of benzene rings is 1. The Kier molecular flexibility index (Phi) is 7.49. The van der Waals surface area contributed by atoms with E-state index in [2.05, 4.69) is 30.1 Å². The first-order chi connectivity index (χ1) is 13.9. The van der Waals surface area contributed by atoms with Crippen LogP contribution in [0.3, 0.4) is 0 Å². The third-order valence-electron chi connectivity index (χ3n) is 5.75. The number of hydrogen-bond acceptors (Lipinski definition) is 4. The number of sulfonamides is 1. The lowest BCUT2D eigenvalue weighted by Crippen LogP contribution is -2.45. The van der Waals surface area contributed by atoms with E-state index >= 15 is 0 Å². The second-order valence-corrected chi connectivity index (χ2v) is 10.2. The quantitative estimate of drug-likeness (QED) is 0.720. The van der Waals surface area contributed by atoms with Crippen molar-refractivity contribution in [3.05, 3.63) is 41.5 Å². The number of rotatable bonds is 6. The predicted molar refractivity (Wildman–Crippen MR) is 115 cm³/mol. The Balaban J connectivity index is 1.66. The van der Waals surface area contributed by atoms with Crippen LogP contribution in [-0.4, -0.2) is 62.3 Å². The average Bonchev–Trinajstić information content (AvgIpc) is 2.74. The van der Waals surface area contributed by atoms with Crippen LogP contribution in [0.25, 0.3) is 0 Å². The van der Waals surface area contributed by atoms with E-state index in [4.69, 9.17) is 0 Å². The van der Waals surface area contributed by atoms with E-state index in [-0.39, 0.29) is 22.4 Å². The number of likely N-dealkylation sites (tertiary alicyclic amines) is 1. The number of carbonyl (C=O) groups excluding carboxylic acids is 1. The van der Waals surface area contributed by atoms with Gasteiger partial charge >= 0.3 is 0 Å². The summed E-state index contributed by atoms with van der Waals surface area (Å²) in [5.41, 5.74) is 1.57. The number of nitrogens with one attached hydrogen (secondary N) is 1. The van der Waals surface area contributed by atoms with Crippen molar-refractivity contribution in [2.24, 2.45) is 0 Å². The molecule has 2 fully saturated rings. The average molecular weight is 420 g/mol. The van der Waals surface area contributed by atoms with E-state index in [1.165, 1.54) is 9.88 Å². The van der Waals surface area contributed by atoms with Crippen molar-refractivity contribution in [2.75, 3.05) is 32.7 Å². The molecule has 0 unspecified atom stereocenters. The van der Waals surface area contributed by atoms with Gasteiger partial charge in [0.25, 0.3) is 5.91 Å². The number of piperidine rings is 2. The topological polar surface area (TPSA) is 69.7 Å². The first-order valence-corrected chi connectivity index (χ1v) is 12.1. The summed E-state index contributed by atoms with van der Waals surface area (Å²) in [7, 11) is -3.65. The van der Waals surface area contributed by atoms with E-state index < -0.39 is 10.0 Å². The van der Waals surface area contributed by atoms with Crippen LogP contribution in [-0.2, 0) is 10.0 Å². The van der Waals surface area contributed by atoms with Crippen molar-refractivity contribution < 1.29 is 13.2 Å². The van der Waals surface area contributed by atoms with Crippen molar-refractivity contribution in [3.8, 4) is 0 Å². The molecular formula is C22H33N3O3S. The molecule has 6 nitrogen and oxygen atoms in total. The fourth-order valence-electron chi connectivity index (χ4n) is 3.96. The molecule has 2 heterocycles. The molecule has 1 amide bonds. The molecule has 1 aromatic carbocycles. The molecule has 3 rings (SSSR count). The minimum absolute atomic E-state index is 0.0798. The molecule has 1 aromatic rings. The molecular weight excluding hydrogens is 386 g/mol. The smallest absolute Gasteiger partial charge is 0.252 e. The van der Waals surface area contributed by atoms with Gasteiger partial charge in [0.2, 0.25) is 10.0 Å². The van der Waals surface area contributed by atoms with Gasteiger partial charge in [-0.1, -0.05) is 30.2 Å². The summed E-state index contributed by atoms with van der Waals surface area (Å²) in [6.45, 7) is 8.07. The van der Waals surface area contributed by atoms with Gasteiger partial charge in [0.05, 0.1) is 10.5 Å². The lowest BCUT2D eigenvalue weighted by Gasteiger charge is -2.32. The minimum atomic E-state index is -3.65. The largest absolute Gasteiger partial charge is 0.349 e. The standard InChI is InChI=1S/C22H33N3O3S/c1-18(2)10-15-24-16-11-19(12-17-24)23-22(26)20-8-4-5-9-21(20)29(27,28)25-13-6-3-7-14-25/h4-5,8-10,19H,3,6-7,11-17H2,1-2H3,(H,23,26). The summed E-state index contributed by atoms with van der Waals surface area (Å²) >= 11 is 0. The van der Waals surface area contributed by atoms with Crippen LogP contribution in [0.2, 0.25) is 0 Å². The van der Waals surface area contributed by atoms with Crippen LogP contribution in [0.1, 0.15) is 56.3 Å². The highest BCUT2D eigenvalue weighted by Crippen LogP contribution is 2.24. The Labute approximate surface area is 175 Å². The molecule has 2 saturated heterocycles. The van der Waals surface area contributed by atoms with Crippen LogP contribution in [0, 0.1) is 0 Å². The van der Waals surface area contributed by atoms with Crippen molar-refractivity contribution in [1.29, 1.82) is 0 Å². The number of amides is 1. The molecule has 0 aliphatic carbocycles. The van der Waals surface area contributed by atoms with Gasteiger partial charge in [0, 0.05) is 38.8 Å². The molecule has 29 heavy (non-hydrogen) atoms. The summed E-state index contributed by atoms with van der Waals surface area (Å²) in [5, 5.41) is 3.07. The van der Waals surface area contributed by atoms with Gasteiger partial charge in [-0.25, -0.2) is 8.42 Å². The molecule has 0 bridgehead atoms. The highest BCUT2D eigenvalue weighted by molar-refractivity contribution is 7.89. The normalized spacial score (nSPS) is 19.7. The van der Waals surface area contributed by atoms with Gasteiger partial charge in [0.1, 0.15) is 0 Å². The molecule has 0 atom stereocenters. The van der Waals surface area contributed by atoms with Gasteiger partial charge < -0.3 is 5.32 Å². The Morgan fingerprint density at radius 2 is 1.72 bits per heavy atom. The monoisotopic (exact) mass is 419 g/mol. The number of carbonyl (C=O) groups is 1. The van der Waals surface area contributed by atoms with Crippen LogP contribution >= 0.6 is 0 Å². The third kappa shape index (κ3) is 5.68. The van der Waals surface area contributed by atoms with Crippen LogP contribution < -0.4 is 5.32 Å². The number of hydrogen-bond donors (Lipinski definition) is 1. The zero-order chi connectivity index (χ0) is 20.9. The second-order valence-electron chi connectivity index (χ2n) is 8.29. The maximum absolute atomic E-state index is 13.1. The van der Waals surface area contributed by atoms with Crippen LogP contribution in [0.4, 0.5) is 0 Å². The Hall–Kier alpha value is -1.70. The fraction of sp³-hybridized carbons (Fsp3) is 0.591. The van der Waals surface area contributed by atoms with Gasteiger partial charge in [-0.05, 0) is 51.7 Å². The van der Waals surface area contributed by atoms with E-state index in [9.17, 15) is 13.2 Å². The maximum Gasteiger partial charge on any atom is 0.252 e. The molecule has 2 aliphatic rings. The minimum Gasteiger partial charge on any atom is -0.349 e. The summed E-state index contributed by atoms with van der Waals surface area (Å²) in [6, 6.07) is 6.68. The van der Waals surface area contributed by atoms with Crippen molar-refractivity contribution >= 4 is 15.9 Å². The number of nitrogens with zero attached hydrogens (tertiary/aromatic N) is 2. The van der Waals surface area contributed by atoms with E-state index in [1.807, 2.05) is 0 Å². The first kappa shape index (κ1) is 22.0. The molecule has 7 heteroatoms. The first-order valence-electron chi connectivity index (χ1n) is 10.6. The SMILES string of the molecule is CC(C)=CCN1CCC(NC(=O)c2ccccc2S(=O)(=O)N2CCCCC2)CC1. The lowest BCUT2D eigenvalue weighted by atomic mass is 10.0. The van der Waals surface area contributed by atoms with E-state index in [0.717, 1.165) is 51.7 Å². The van der Waals surface area contributed by atoms with Crippen molar-refractivity contribution in [2.45, 2.75) is 56.9 Å². The summed E-state index contributed by atoms with van der Waals surface area (Å²) in [4.78, 5) is 15.4. The highest BCUT2D eigenvalue weighted by Gasteiger charge is 2.30.